The van der Waals surface area contributed by atoms with Crippen LogP contribution in [0.4, 0.5) is 0 Å². The number of nitrogens with zero attached hydrogens (tertiary/aromatic N) is 1. The van der Waals surface area contributed by atoms with Crippen LogP contribution in [0.3, 0.4) is 0 Å². The molecule has 0 saturated carbocycles. The maximum Gasteiger partial charge on any atom is 0.248 e. The highest BCUT2D eigenvalue weighted by molar-refractivity contribution is 5.98. The van der Waals surface area contributed by atoms with Gasteiger partial charge in [0.25, 0.3) is 0 Å². The van der Waals surface area contributed by atoms with E-state index in [2.05, 4.69) is 4.98 Å². The predicted molar refractivity (Wildman–Crippen MR) is 80.4 cm³/mol. The number of benzene rings is 2. The van der Waals surface area contributed by atoms with E-state index in [1.807, 2.05) is 49.4 Å². The van der Waals surface area contributed by atoms with Gasteiger partial charge in [0.2, 0.25) is 5.91 Å². The Balaban J connectivity index is 2.30. The number of nitrogens with two attached hydrogens (primary N) is 1. The maximum absolute atomic E-state index is 11.4. The molecule has 2 aromatic carbocycles. The quantitative estimate of drug-likeness (QED) is 0.770. The Kier molecular flexibility index (Phi) is 2.95. The molecule has 0 unspecified atom stereocenters. The van der Waals surface area contributed by atoms with Crippen molar-refractivity contribution in [2.75, 3.05) is 0 Å². The predicted octanol–water partition coefficient (Wildman–Crippen LogP) is 3.31. The summed E-state index contributed by atoms with van der Waals surface area (Å²) in [6, 6.07) is 15.5. The molecule has 0 aliphatic heterocycles. The lowest BCUT2D eigenvalue weighted by atomic mass is 9.95. The molecular weight excluding hydrogens is 248 g/mol. The second kappa shape index (κ2) is 4.78. The number of pyridine rings is 1. The Hall–Kier alpha value is -2.68. The maximum atomic E-state index is 11.4. The molecule has 20 heavy (non-hydrogen) atoms. The van der Waals surface area contributed by atoms with Crippen LogP contribution in [-0.2, 0) is 0 Å². The summed E-state index contributed by atoms with van der Waals surface area (Å²) in [7, 11) is 0. The van der Waals surface area contributed by atoms with Gasteiger partial charge < -0.3 is 5.73 Å². The molecule has 0 radical (unpaired) electrons. The summed E-state index contributed by atoms with van der Waals surface area (Å²) in [6.45, 7) is 2.02. The molecule has 0 aliphatic rings. The Morgan fingerprint density at radius 2 is 1.85 bits per heavy atom. The standard InChI is InChI=1S/C17H14N2O/c1-11-6-7-12(17(18)20)10-15(11)13-8-9-19-16-5-3-2-4-14(13)16/h2-10H,1H3,(H2,18,20). The average molecular weight is 262 g/mol. The van der Waals surface area contributed by atoms with Gasteiger partial charge in [0.15, 0.2) is 0 Å². The van der Waals surface area contributed by atoms with E-state index in [0.29, 0.717) is 5.56 Å². The highest BCUT2D eigenvalue weighted by atomic mass is 16.1. The van der Waals surface area contributed by atoms with Crippen molar-refractivity contribution in [3.05, 3.63) is 65.9 Å². The molecule has 0 aliphatic carbocycles. The summed E-state index contributed by atoms with van der Waals surface area (Å²) < 4.78 is 0. The van der Waals surface area contributed by atoms with Gasteiger partial charge in [0.05, 0.1) is 5.52 Å². The van der Waals surface area contributed by atoms with Crippen molar-refractivity contribution in [1.82, 2.24) is 4.98 Å². The molecule has 0 fully saturated rings. The number of para-hydroxylation sites is 1. The van der Waals surface area contributed by atoms with Crippen LogP contribution >= 0.6 is 0 Å². The number of aromatic nitrogens is 1. The second-order valence-corrected chi connectivity index (χ2v) is 4.77. The molecule has 1 amide bonds. The van der Waals surface area contributed by atoms with Crippen molar-refractivity contribution in [1.29, 1.82) is 0 Å². The molecule has 0 spiro atoms. The molecule has 3 heteroatoms. The van der Waals surface area contributed by atoms with Gasteiger partial charge in [-0.3, -0.25) is 9.78 Å². The zero-order valence-electron chi connectivity index (χ0n) is 11.1. The van der Waals surface area contributed by atoms with E-state index in [0.717, 1.165) is 27.6 Å². The smallest absolute Gasteiger partial charge is 0.248 e. The van der Waals surface area contributed by atoms with Crippen LogP contribution in [0.25, 0.3) is 22.0 Å². The van der Waals surface area contributed by atoms with Gasteiger partial charge in [-0.15, -0.1) is 0 Å². The van der Waals surface area contributed by atoms with Crippen LogP contribution < -0.4 is 5.73 Å². The first-order valence-corrected chi connectivity index (χ1v) is 6.41. The van der Waals surface area contributed by atoms with Gasteiger partial charge in [-0.1, -0.05) is 24.3 Å². The number of rotatable bonds is 2. The molecule has 98 valence electrons. The highest BCUT2D eigenvalue weighted by Crippen LogP contribution is 2.30. The summed E-state index contributed by atoms with van der Waals surface area (Å²) in [6.07, 6.45) is 1.79. The van der Waals surface area contributed by atoms with Crippen LogP contribution in [0.15, 0.2) is 54.7 Å². The topological polar surface area (TPSA) is 56.0 Å². The van der Waals surface area contributed by atoms with E-state index >= 15 is 0 Å². The number of hydrogen-bond acceptors (Lipinski definition) is 2. The van der Waals surface area contributed by atoms with Gasteiger partial charge in [0.1, 0.15) is 0 Å². The number of hydrogen-bond donors (Lipinski definition) is 1. The normalized spacial score (nSPS) is 10.7. The van der Waals surface area contributed by atoms with Gasteiger partial charge in [-0.25, -0.2) is 0 Å². The lowest BCUT2D eigenvalue weighted by Crippen LogP contribution is -2.11. The van der Waals surface area contributed by atoms with Crippen LogP contribution in [0.2, 0.25) is 0 Å². The fraction of sp³-hybridized carbons (Fsp3) is 0.0588. The monoisotopic (exact) mass is 262 g/mol. The van der Waals surface area contributed by atoms with E-state index in [1.165, 1.54) is 0 Å². The molecule has 0 saturated heterocycles. The molecule has 1 aromatic heterocycles. The molecule has 1 heterocycles. The summed E-state index contributed by atoms with van der Waals surface area (Å²) in [5.74, 6) is -0.412. The Morgan fingerprint density at radius 3 is 2.65 bits per heavy atom. The summed E-state index contributed by atoms with van der Waals surface area (Å²) >= 11 is 0. The number of primary amides is 1. The second-order valence-electron chi connectivity index (χ2n) is 4.77. The van der Waals surface area contributed by atoms with Gasteiger partial charge in [-0.2, -0.15) is 0 Å². The number of fused-ring (bicyclic) bond motifs is 1. The fourth-order valence-corrected chi connectivity index (χ4v) is 2.40. The van der Waals surface area contributed by atoms with Gasteiger partial charge in [-0.05, 0) is 47.9 Å². The van der Waals surface area contributed by atoms with Crippen LogP contribution in [0, 0.1) is 6.92 Å². The lowest BCUT2D eigenvalue weighted by Gasteiger charge is -2.10. The third-order valence-corrected chi connectivity index (χ3v) is 3.46. The van der Waals surface area contributed by atoms with E-state index < -0.39 is 5.91 Å². The summed E-state index contributed by atoms with van der Waals surface area (Å²) in [4.78, 5) is 15.7. The van der Waals surface area contributed by atoms with Crippen molar-refractivity contribution in [2.45, 2.75) is 6.92 Å². The Morgan fingerprint density at radius 1 is 1.05 bits per heavy atom. The van der Waals surface area contributed by atoms with Crippen LogP contribution in [0.1, 0.15) is 15.9 Å². The minimum atomic E-state index is -0.412. The molecular formula is C17H14N2O. The molecule has 3 rings (SSSR count). The third-order valence-electron chi connectivity index (χ3n) is 3.46. The highest BCUT2D eigenvalue weighted by Gasteiger charge is 2.09. The van der Waals surface area contributed by atoms with E-state index in [-0.39, 0.29) is 0 Å². The molecule has 2 N–H and O–H groups in total. The van der Waals surface area contributed by atoms with E-state index in [4.69, 9.17) is 5.73 Å². The van der Waals surface area contributed by atoms with E-state index in [9.17, 15) is 4.79 Å². The van der Waals surface area contributed by atoms with Crippen molar-refractivity contribution < 1.29 is 4.79 Å². The Bertz CT molecular complexity index is 804. The van der Waals surface area contributed by atoms with Gasteiger partial charge in [0, 0.05) is 17.1 Å². The van der Waals surface area contributed by atoms with Crippen molar-refractivity contribution in [3.63, 3.8) is 0 Å². The fourth-order valence-electron chi connectivity index (χ4n) is 2.40. The number of amides is 1. The average Bonchev–Trinajstić information content (AvgIpc) is 2.47. The molecule has 3 nitrogen and oxygen atoms in total. The number of carbonyl (C=O) groups is 1. The van der Waals surface area contributed by atoms with Crippen molar-refractivity contribution >= 4 is 16.8 Å². The SMILES string of the molecule is Cc1ccc(C(N)=O)cc1-c1ccnc2ccccc12. The van der Waals surface area contributed by atoms with Crippen LogP contribution in [-0.4, -0.2) is 10.9 Å². The number of aryl methyl sites for hydroxylation is 1. The zero-order chi connectivity index (χ0) is 14.1. The first kappa shape index (κ1) is 12.4. The van der Waals surface area contributed by atoms with Gasteiger partial charge >= 0.3 is 0 Å². The summed E-state index contributed by atoms with van der Waals surface area (Å²) in [5.41, 5.74) is 10.0. The number of carbonyl (C=O) groups excluding carboxylic acids is 1. The molecule has 3 aromatic rings. The minimum Gasteiger partial charge on any atom is -0.366 e. The first-order chi connectivity index (χ1) is 9.66. The van der Waals surface area contributed by atoms with Crippen molar-refractivity contribution in [3.8, 4) is 11.1 Å². The summed E-state index contributed by atoms with van der Waals surface area (Å²) in [5, 5.41) is 1.07. The molecule has 0 atom stereocenters. The van der Waals surface area contributed by atoms with Crippen LogP contribution in [0.5, 0.6) is 0 Å². The Labute approximate surface area is 117 Å². The minimum absolute atomic E-state index is 0.412. The van der Waals surface area contributed by atoms with Crippen molar-refractivity contribution in [2.24, 2.45) is 5.73 Å². The first-order valence-electron chi connectivity index (χ1n) is 6.41. The third kappa shape index (κ3) is 2.03. The lowest BCUT2D eigenvalue weighted by molar-refractivity contribution is 0.100. The van der Waals surface area contributed by atoms with E-state index in [1.54, 1.807) is 12.3 Å². The largest absolute Gasteiger partial charge is 0.366 e. The zero-order valence-corrected chi connectivity index (χ0v) is 11.1. The molecule has 0 bridgehead atoms.